The summed E-state index contributed by atoms with van der Waals surface area (Å²) in [6.45, 7) is 4.29. The average molecular weight is 272 g/mol. The number of hydrogen-bond acceptors (Lipinski definition) is 3. The zero-order chi connectivity index (χ0) is 14.7. The van der Waals surface area contributed by atoms with Crippen molar-refractivity contribution in [3.63, 3.8) is 0 Å². The number of benzene rings is 1. The minimum absolute atomic E-state index is 0.0153. The number of carbonyl (C=O) groups is 2. The molecule has 0 aliphatic carbocycles. The summed E-state index contributed by atoms with van der Waals surface area (Å²) in [5, 5.41) is 8.64. The molecule has 1 unspecified atom stereocenters. The van der Waals surface area contributed by atoms with Gasteiger partial charge in [-0.2, -0.15) is 0 Å². The molecule has 0 aliphatic rings. The first-order chi connectivity index (χ1) is 9.52. The van der Waals surface area contributed by atoms with Gasteiger partial charge in [-0.15, -0.1) is 0 Å². The summed E-state index contributed by atoms with van der Waals surface area (Å²) in [5.41, 5.74) is 2.05. The van der Waals surface area contributed by atoms with Gasteiger partial charge in [0.05, 0.1) is 6.20 Å². The topological polar surface area (TPSA) is 83.1 Å². The lowest BCUT2D eigenvalue weighted by Crippen LogP contribution is -2.12. The largest absolute Gasteiger partial charge is 0.475 e. The summed E-state index contributed by atoms with van der Waals surface area (Å²) in [5.74, 6) is -1.50. The molecule has 0 amide bonds. The smallest absolute Gasteiger partial charge is 0.378 e. The second kappa shape index (κ2) is 5.69. The number of rotatable bonds is 5. The number of carbonyl (C=O) groups excluding carboxylic acids is 1. The van der Waals surface area contributed by atoms with Crippen LogP contribution in [-0.2, 0) is 4.79 Å². The molecule has 0 bridgehead atoms. The SMILES string of the molecule is CCC(C)c1ccc(-c2ncc(C(=O)C(=O)O)[nH]2)cc1. The van der Waals surface area contributed by atoms with Gasteiger partial charge in [-0.05, 0) is 17.9 Å². The molecule has 1 heterocycles. The van der Waals surface area contributed by atoms with E-state index in [0.29, 0.717) is 11.7 Å². The molecule has 2 rings (SSSR count). The molecule has 20 heavy (non-hydrogen) atoms. The van der Waals surface area contributed by atoms with Gasteiger partial charge < -0.3 is 10.1 Å². The van der Waals surface area contributed by atoms with Crippen molar-refractivity contribution in [3.8, 4) is 11.4 Å². The summed E-state index contributed by atoms with van der Waals surface area (Å²) in [7, 11) is 0. The molecule has 0 radical (unpaired) electrons. The Morgan fingerprint density at radius 2 is 1.95 bits per heavy atom. The standard InChI is InChI=1S/C15H16N2O3/c1-3-9(2)10-4-6-11(7-5-10)14-16-8-12(17-14)13(18)15(19)20/h4-9H,3H2,1-2H3,(H,16,17)(H,19,20). The number of nitrogens with zero attached hydrogens (tertiary/aromatic N) is 1. The van der Waals surface area contributed by atoms with Gasteiger partial charge in [0, 0.05) is 5.56 Å². The lowest BCUT2D eigenvalue weighted by Gasteiger charge is -2.08. The van der Waals surface area contributed by atoms with Gasteiger partial charge in [0.2, 0.25) is 0 Å². The van der Waals surface area contributed by atoms with Crippen LogP contribution in [0.25, 0.3) is 11.4 Å². The zero-order valence-electron chi connectivity index (χ0n) is 11.4. The molecule has 1 aromatic carbocycles. The van der Waals surface area contributed by atoms with Crippen LogP contribution in [-0.4, -0.2) is 26.8 Å². The summed E-state index contributed by atoms with van der Waals surface area (Å²) in [6, 6.07) is 7.86. The molecule has 0 saturated heterocycles. The Labute approximate surface area is 116 Å². The summed E-state index contributed by atoms with van der Waals surface area (Å²) < 4.78 is 0. The van der Waals surface area contributed by atoms with E-state index in [1.54, 1.807) is 0 Å². The third-order valence-corrected chi connectivity index (χ3v) is 3.38. The van der Waals surface area contributed by atoms with Crippen molar-refractivity contribution in [1.82, 2.24) is 9.97 Å². The molecule has 0 spiro atoms. The van der Waals surface area contributed by atoms with Crippen molar-refractivity contribution in [2.75, 3.05) is 0 Å². The maximum Gasteiger partial charge on any atom is 0.378 e. The monoisotopic (exact) mass is 272 g/mol. The lowest BCUT2D eigenvalue weighted by atomic mass is 9.97. The maximum atomic E-state index is 11.3. The number of H-pyrrole nitrogens is 1. The minimum Gasteiger partial charge on any atom is -0.475 e. The number of aromatic nitrogens is 2. The van der Waals surface area contributed by atoms with Gasteiger partial charge in [-0.1, -0.05) is 38.1 Å². The first-order valence-corrected chi connectivity index (χ1v) is 6.46. The second-order valence-electron chi connectivity index (χ2n) is 4.71. The highest BCUT2D eigenvalue weighted by atomic mass is 16.4. The van der Waals surface area contributed by atoms with Crippen molar-refractivity contribution in [2.24, 2.45) is 0 Å². The molecule has 2 N–H and O–H groups in total. The Morgan fingerprint density at radius 1 is 1.30 bits per heavy atom. The molecule has 5 nitrogen and oxygen atoms in total. The Bertz CT molecular complexity index is 629. The highest BCUT2D eigenvalue weighted by Crippen LogP contribution is 2.22. The predicted octanol–water partition coefficient (Wildman–Crippen LogP) is 2.86. The fraction of sp³-hybridized carbons (Fsp3) is 0.267. The van der Waals surface area contributed by atoms with Crippen molar-refractivity contribution < 1.29 is 14.7 Å². The molecule has 1 aromatic heterocycles. The van der Waals surface area contributed by atoms with Crippen LogP contribution >= 0.6 is 0 Å². The van der Waals surface area contributed by atoms with Gasteiger partial charge in [0.25, 0.3) is 5.78 Å². The molecule has 0 aliphatic heterocycles. The van der Waals surface area contributed by atoms with Crippen LogP contribution in [0.15, 0.2) is 30.5 Å². The number of aromatic amines is 1. The number of carboxylic acids is 1. The number of ketones is 1. The maximum absolute atomic E-state index is 11.3. The van der Waals surface area contributed by atoms with E-state index < -0.39 is 11.8 Å². The third kappa shape index (κ3) is 2.77. The van der Waals surface area contributed by atoms with E-state index in [9.17, 15) is 9.59 Å². The van der Waals surface area contributed by atoms with Crippen LogP contribution in [0.1, 0.15) is 42.2 Å². The van der Waals surface area contributed by atoms with E-state index in [0.717, 1.165) is 12.0 Å². The zero-order valence-corrected chi connectivity index (χ0v) is 11.4. The van der Waals surface area contributed by atoms with Gasteiger partial charge in [-0.25, -0.2) is 9.78 Å². The van der Waals surface area contributed by atoms with Crippen molar-refractivity contribution in [2.45, 2.75) is 26.2 Å². The second-order valence-corrected chi connectivity index (χ2v) is 4.71. The van der Waals surface area contributed by atoms with Gasteiger partial charge in [0.15, 0.2) is 0 Å². The molecule has 0 fully saturated rings. The normalized spacial score (nSPS) is 12.1. The molecule has 2 aromatic rings. The van der Waals surface area contributed by atoms with E-state index in [-0.39, 0.29) is 5.69 Å². The van der Waals surface area contributed by atoms with Crippen LogP contribution in [0.4, 0.5) is 0 Å². The predicted molar refractivity (Wildman–Crippen MR) is 74.7 cm³/mol. The fourth-order valence-electron chi connectivity index (χ4n) is 1.90. The first-order valence-electron chi connectivity index (χ1n) is 6.46. The summed E-state index contributed by atoms with van der Waals surface area (Å²) >= 11 is 0. The first kappa shape index (κ1) is 14.0. The minimum atomic E-state index is -1.49. The Balaban J connectivity index is 2.24. The highest BCUT2D eigenvalue weighted by Gasteiger charge is 2.17. The lowest BCUT2D eigenvalue weighted by molar-refractivity contribution is -0.131. The van der Waals surface area contributed by atoms with Crippen molar-refractivity contribution >= 4 is 11.8 Å². The molecular formula is C15H16N2O3. The number of hydrogen-bond donors (Lipinski definition) is 2. The van der Waals surface area contributed by atoms with Crippen LogP contribution in [0.5, 0.6) is 0 Å². The Kier molecular flexibility index (Phi) is 3.98. The van der Waals surface area contributed by atoms with Gasteiger partial charge in [0.1, 0.15) is 11.5 Å². The number of Topliss-reactive ketones (excluding diaryl/α,β-unsaturated/α-hetero) is 1. The number of imidazole rings is 1. The van der Waals surface area contributed by atoms with E-state index in [4.69, 9.17) is 5.11 Å². The Hall–Kier alpha value is -2.43. The molecule has 5 heteroatoms. The van der Waals surface area contributed by atoms with Crippen molar-refractivity contribution in [1.29, 1.82) is 0 Å². The van der Waals surface area contributed by atoms with Crippen LogP contribution in [0.3, 0.4) is 0 Å². The third-order valence-electron chi connectivity index (χ3n) is 3.38. The average Bonchev–Trinajstić information content (AvgIpc) is 2.95. The van der Waals surface area contributed by atoms with E-state index in [1.807, 2.05) is 24.3 Å². The van der Waals surface area contributed by atoms with Gasteiger partial charge in [-0.3, -0.25) is 4.79 Å². The van der Waals surface area contributed by atoms with Crippen LogP contribution in [0, 0.1) is 0 Å². The molecule has 1 atom stereocenters. The molecular weight excluding hydrogens is 256 g/mol. The fourth-order valence-corrected chi connectivity index (χ4v) is 1.90. The Morgan fingerprint density at radius 3 is 2.50 bits per heavy atom. The number of aliphatic carboxylic acids is 1. The summed E-state index contributed by atoms with van der Waals surface area (Å²) in [6.07, 6.45) is 2.31. The van der Waals surface area contributed by atoms with Crippen molar-refractivity contribution in [3.05, 3.63) is 41.7 Å². The quantitative estimate of drug-likeness (QED) is 0.647. The van der Waals surface area contributed by atoms with E-state index in [1.165, 1.54) is 11.8 Å². The summed E-state index contributed by atoms with van der Waals surface area (Å²) in [4.78, 5) is 28.7. The van der Waals surface area contributed by atoms with E-state index >= 15 is 0 Å². The van der Waals surface area contributed by atoms with Crippen LogP contribution < -0.4 is 0 Å². The van der Waals surface area contributed by atoms with Crippen LogP contribution in [0.2, 0.25) is 0 Å². The number of nitrogens with one attached hydrogen (secondary N) is 1. The highest BCUT2D eigenvalue weighted by molar-refractivity contribution is 6.39. The number of carboxylic acid groups (broad SMARTS) is 1. The van der Waals surface area contributed by atoms with E-state index in [2.05, 4.69) is 23.8 Å². The molecule has 104 valence electrons. The van der Waals surface area contributed by atoms with Gasteiger partial charge >= 0.3 is 5.97 Å². The molecule has 0 saturated carbocycles.